The van der Waals surface area contributed by atoms with Crippen LogP contribution in [0.1, 0.15) is 21.5 Å². The summed E-state index contributed by atoms with van der Waals surface area (Å²) in [6, 6.07) is 5.48. The molecule has 1 amide bonds. The minimum absolute atomic E-state index is 0.103. The van der Waals surface area contributed by atoms with Crippen molar-refractivity contribution in [2.75, 3.05) is 32.8 Å². The monoisotopic (exact) mass is 273 g/mol. The van der Waals surface area contributed by atoms with Crippen molar-refractivity contribution in [3.05, 3.63) is 34.9 Å². The van der Waals surface area contributed by atoms with Crippen LogP contribution in [-0.4, -0.2) is 43.8 Å². The summed E-state index contributed by atoms with van der Waals surface area (Å²) >= 11 is 0. The zero-order valence-corrected chi connectivity index (χ0v) is 11.6. The number of carbonyl (C=O) groups excluding carboxylic acids is 1. The Labute approximate surface area is 119 Å². The number of ether oxygens (including phenoxy) is 1. The molecule has 106 valence electrons. The number of carbonyl (C=O) groups is 1. The molecule has 0 radical (unpaired) electrons. The lowest BCUT2D eigenvalue weighted by Gasteiger charge is -2.26. The molecule has 0 saturated carbocycles. The van der Waals surface area contributed by atoms with Gasteiger partial charge in [-0.05, 0) is 30.7 Å². The summed E-state index contributed by atoms with van der Waals surface area (Å²) in [7, 11) is 0. The highest BCUT2D eigenvalue weighted by Crippen LogP contribution is 2.10. The van der Waals surface area contributed by atoms with Crippen LogP contribution in [0.4, 0.5) is 0 Å². The molecule has 0 bridgehead atoms. The first-order valence-corrected chi connectivity index (χ1v) is 6.64. The molecule has 0 aliphatic carbocycles. The van der Waals surface area contributed by atoms with Crippen LogP contribution < -0.4 is 11.2 Å². The van der Waals surface area contributed by atoms with Crippen molar-refractivity contribution >= 4 is 5.91 Å². The molecule has 1 heterocycles. The molecule has 1 fully saturated rings. The van der Waals surface area contributed by atoms with Gasteiger partial charge in [0, 0.05) is 24.2 Å². The van der Waals surface area contributed by atoms with Gasteiger partial charge in [-0.1, -0.05) is 11.8 Å². The number of morpholine rings is 1. The molecule has 2 rings (SSSR count). The molecule has 1 aromatic carbocycles. The lowest BCUT2D eigenvalue weighted by molar-refractivity contribution is 0.0126. The number of hydrazine groups is 1. The fourth-order valence-electron chi connectivity index (χ4n) is 1.97. The van der Waals surface area contributed by atoms with Gasteiger partial charge >= 0.3 is 0 Å². The maximum atomic E-state index is 12.1. The highest BCUT2D eigenvalue weighted by molar-refractivity contribution is 5.94. The van der Waals surface area contributed by atoms with E-state index in [9.17, 15) is 4.79 Å². The van der Waals surface area contributed by atoms with Crippen molar-refractivity contribution < 1.29 is 9.53 Å². The van der Waals surface area contributed by atoms with Crippen molar-refractivity contribution in [2.24, 2.45) is 5.73 Å². The Hall–Kier alpha value is -1.87. The maximum absolute atomic E-state index is 12.1. The Morgan fingerprint density at radius 2 is 2.20 bits per heavy atom. The molecule has 1 aromatic rings. The normalized spacial score (nSPS) is 15.3. The molecule has 0 aromatic heterocycles. The van der Waals surface area contributed by atoms with Crippen molar-refractivity contribution in [1.82, 2.24) is 10.4 Å². The fourth-order valence-corrected chi connectivity index (χ4v) is 1.97. The van der Waals surface area contributed by atoms with E-state index in [4.69, 9.17) is 10.5 Å². The topological polar surface area (TPSA) is 67.6 Å². The average molecular weight is 273 g/mol. The molecular formula is C15H19N3O2. The van der Waals surface area contributed by atoms with Crippen LogP contribution in [0.25, 0.3) is 0 Å². The van der Waals surface area contributed by atoms with Gasteiger partial charge in [-0.25, -0.2) is 5.01 Å². The van der Waals surface area contributed by atoms with Crippen LogP contribution in [-0.2, 0) is 4.74 Å². The van der Waals surface area contributed by atoms with Crippen LogP contribution in [0.15, 0.2) is 18.2 Å². The molecule has 3 N–H and O–H groups in total. The molecule has 0 unspecified atom stereocenters. The Kier molecular flexibility index (Phi) is 5.13. The number of nitrogens with one attached hydrogen (secondary N) is 1. The minimum atomic E-state index is -0.103. The third kappa shape index (κ3) is 3.81. The van der Waals surface area contributed by atoms with Crippen LogP contribution in [0.5, 0.6) is 0 Å². The van der Waals surface area contributed by atoms with E-state index in [2.05, 4.69) is 17.3 Å². The SMILES string of the molecule is Cc1cc(C(=O)NN2CCOCC2)ccc1C#CCN. The van der Waals surface area contributed by atoms with Gasteiger partial charge in [0.15, 0.2) is 0 Å². The summed E-state index contributed by atoms with van der Waals surface area (Å²) in [6.07, 6.45) is 0. The van der Waals surface area contributed by atoms with Gasteiger partial charge in [0.1, 0.15) is 0 Å². The molecule has 0 atom stereocenters. The molecule has 0 spiro atoms. The molecule has 5 nitrogen and oxygen atoms in total. The van der Waals surface area contributed by atoms with Gasteiger partial charge in [0.05, 0.1) is 19.8 Å². The second-order valence-corrected chi connectivity index (χ2v) is 4.58. The quantitative estimate of drug-likeness (QED) is 0.760. The van der Waals surface area contributed by atoms with E-state index in [1.165, 1.54) is 0 Å². The maximum Gasteiger partial charge on any atom is 0.265 e. The van der Waals surface area contributed by atoms with Gasteiger partial charge in [-0.3, -0.25) is 10.2 Å². The molecule has 1 aliphatic rings. The smallest absolute Gasteiger partial charge is 0.265 e. The van der Waals surface area contributed by atoms with E-state index in [1.807, 2.05) is 24.1 Å². The molecule has 5 heteroatoms. The second-order valence-electron chi connectivity index (χ2n) is 4.58. The first-order chi connectivity index (χ1) is 9.70. The van der Waals surface area contributed by atoms with Crippen LogP contribution in [0.3, 0.4) is 0 Å². The summed E-state index contributed by atoms with van der Waals surface area (Å²) in [5.74, 6) is 5.70. The van der Waals surface area contributed by atoms with Crippen LogP contribution in [0, 0.1) is 18.8 Å². The first-order valence-electron chi connectivity index (χ1n) is 6.64. The average Bonchev–Trinajstić information content (AvgIpc) is 2.47. The molecule has 1 aliphatic heterocycles. The molecule has 1 saturated heterocycles. The Bertz CT molecular complexity index is 540. The summed E-state index contributed by atoms with van der Waals surface area (Å²) in [4.78, 5) is 12.1. The largest absolute Gasteiger partial charge is 0.379 e. The van der Waals surface area contributed by atoms with E-state index in [0.717, 1.165) is 11.1 Å². The number of nitrogens with zero attached hydrogens (tertiary/aromatic N) is 1. The number of nitrogens with two attached hydrogens (primary N) is 1. The van der Waals surface area contributed by atoms with Gasteiger partial charge < -0.3 is 10.5 Å². The van der Waals surface area contributed by atoms with Crippen LogP contribution >= 0.6 is 0 Å². The number of hydrogen-bond donors (Lipinski definition) is 2. The van der Waals surface area contributed by atoms with Gasteiger partial charge in [-0.2, -0.15) is 0 Å². The second kappa shape index (κ2) is 7.06. The van der Waals surface area contributed by atoms with E-state index < -0.39 is 0 Å². The molecular weight excluding hydrogens is 254 g/mol. The number of benzene rings is 1. The van der Waals surface area contributed by atoms with Gasteiger partial charge in [0.25, 0.3) is 5.91 Å². The van der Waals surface area contributed by atoms with Gasteiger partial charge in [0.2, 0.25) is 0 Å². The summed E-state index contributed by atoms with van der Waals surface area (Å²) in [6.45, 7) is 4.99. The first kappa shape index (κ1) is 14.5. The standard InChI is InChI=1S/C15H19N3O2/c1-12-11-14(5-4-13(12)3-2-6-16)15(19)17-18-7-9-20-10-8-18/h4-5,11H,6-10,16H2,1H3,(H,17,19). The Morgan fingerprint density at radius 3 is 2.85 bits per heavy atom. The lowest BCUT2D eigenvalue weighted by atomic mass is 10.1. The van der Waals surface area contributed by atoms with E-state index in [0.29, 0.717) is 38.4 Å². The fraction of sp³-hybridized carbons (Fsp3) is 0.400. The van der Waals surface area contributed by atoms with E-state index >= 15 is 0 Å². The third-order valence-corrected chi connectivity index (χ3v) is 3.08. The van der Waals surface area contributed by atoms with Crippen LogP contribution in [0.2, 0.25) is 0 Å². The minimum Gasteiger partial charge on any atom is -0.379 e. The number of rotatable bonds is 2. The van der Waals surface area contributed by atoms with Crippen molar-refractivity contribution in [3.63, 3.8) is 0 Å². The number of aryl methyl sites for hydroxylation is 1. The predicted octanol–water partition coefficient (Wildman–Crippen LogP) is 0.282. The Morgan fingerprint density at radius 1 is 1.45 bits per heavy atom. The highest BCUT2D eigenvalue weighted by atomic mass is 16.5. The molecule has 20 heavy (non-hydrogen) atoms. The highest BCUT2D eigenvalue weighted by Gasteiger charge is 2.14. The third-order valence-electron chi connectivity index (χ3n) is 3.08. The Balaban J connectivity index is 2.04. The zero-order chi connectivity index (χ0) is 14.4. The number of hydrogen-bond acceptors (Lipinski definition) is 4. The number of amides is 1. The van der Waals surface area contributed by atoms with E-state index in [-0.39, 0.29) is 5.91 Å². The summed E-state index contributed by atoms with van der Waals surface area (Å²) in [5, 5.41) is 1.88. The van der Waals surface area contributed by atoms with E-state index in [1.54, 1.807) is 6.07 Å². The lowest BCUT2D eigenvalue weighted by Crippen LogP contribution is -2.48. The van der Waals surface area contributed by atoms with Crippen molar-refractivity contribution in [3.8, 4) is 11.8 Å². The summed E-state index contributed by atoms with van der Waals surface area (Å²) < 4.78 is 5.24. The van der Waals surface area contributed by atoms with Gasteiger partial charge in [-0.15, -0.1) is 0 Å². The predicted molar refractivity (Wildman–Crippen MR) is 77.0 cm³/mol. The van der Waals surface area contributed by atoms with Crippen molar-refractivity contribution in [2.45, 2.75) is 6.92 Å². The zero-order valence-electron chi connectivity index (χ0n) is 11.6. The summed E-state index contributed by atoms with van der Waals surface area (Å²) in [5.41, 5.74) is 10.7. The van der Waals surface area contributed by atoms with Crippen molar-refractivity contribution in [1.29, 1.82) is 0 Å².